The molecule has 25 heavy (non-hydrogen) atoms. The summed E-state index contributed by atoms with van der Waals surface area (Å²) in [5.41, 5.74) is 4.23. The number of nitro benzene ring substituents is 1. The Morgan fingerprint density at radius 3 is 2.12 bits per heavy atom. The number of amides is 1. The highest BCUT2D eigenvalue weighted by Gasteiger charge is 2.52. The molecule has 4 bridgehead atoms. The largest absolute Gasteiger partial charge is 0.271 e. The molecule has 4 saturated carbocycles. The van der Waals surface area contributed by atoms with Crippen LogP contribution in [0.2, 0.25) is 0 Å². The number of rotatable bonds is 4. The first kappa shape index (κ1) is 16.2. The molecule has 4 aliphatic carbocycles. The summed E-state index contributed by atoms with van der Waals surface area (Å²) in [4.78, 5) is 22.5. The number of non-ortho nitro benzene ring substituents is 1. The first-order chi connectivity index (χ1) is 11.9. The fraction of sp³-hybridized carbons (Fsp3) is 0.579. The van der Waals surface area contributed by atoms with E-state index in [9.17, 15) is 14.9 Å². The van der Waals surface area contributed by atoms with Gasteiger partial charge < -0.3 is 0 Å². The number of hydrogen-bond donors (Lipinski definition) is 1. The van der Waals surface area contributed by atoms with E-state index in [1.165, 1.54) is 62.8 Å². The van der Waals surface area contributed by atoms with E-state index in [1.54, 1.807) is 0 Å². The van der Waals surface area contributed by atoms with Gasteiger partial charge in [-0.15, -0.1) is 0 Å². The molecule has 5 rings (SSSR count). The van der Waals surface area contributed by atoms with Gasteiger partial charge in [-0.3, -0.25) is 14.9 Å². The first-order valence-corrected chi connectivity index (χ1v) is 9.05. The number of hydrogen-bond acceptors (Lipinski definition) is 4. The Balaban J connectivity index is 1.46. The summed E-state index contributed by atoms with van der Waals surface area (Å²) in [6, 6.07) is 5.60. The Hall–Kier alpha value is -2.24. The number of benzene rings is 1. The van der Waals surface area contributed by atoms with Crippen LogP contribution in [-0.4, -0.2) is 16.5 Å². The van der Waals surface area contributed by atoms with Crippen molar-refractivity contribution in [1.82, 2.24) is 5.43 Å². The second-order valence-electron chi connectivity index (χ2n) is 8.14. The molecule has 4 fully saturated rings. The number of nitro groups is 1. The van der Waals surface area contributed by atoms with E-state index in [0.29, 0.717) is 5.56 Å². The van der Waals surface area contributed by atoms with Gasteiger partial charge in [-0.25, -0.2) is 5.43 Å². The molecule has 0 heterocycles. The fourth-order valence-electron chi connectivity index (χ4n) is 5.61. The molecule has 1 N–H and O–H groups in total. The normalized spacial score (nSPS) is 33.3. The Bertz CT molecular complexity index is 704. The van der Waals surface area contributed by atoms with Crippen molar-refractivity contribution in [3.05, 3.63) is 39.9 Å². The minimum absolute atomic E-state index is 0.0233. The third kappa shape index (κ3) is 2.94. The predicted molar refractivity (Wildman–Crippen MR) is 94.3 cm³/mol. The van der Waals surface area contributed by atoms with Crippen molar-refractivity contribution in [2.24, 2.45) is 28.3 Å². The highest BCUT2D eigenvalue weighted by atomic mass is 16.6. The van der Waals surface area contributed by atoms with Crippen LogP contribution in [-0.2, 0) is 0 Å². The summed E-state index contributed by atoms with van der Waals surface area (Å²) in [6.45, 7) is 2.04. The highest BCUT2D eigenvalue weighted by Crippen LogP contribution is 2.60. The van der Waals surface area contributed by atoms with Gasteiger partial charge in [-0.05, 0) is 75.3 Å². The van der Waals surface area contributed by atoms with Crippen molar-refractivity contribution in [3.63, 3.8) is 0 Å². The summed E-state index contributed by atoms with van der Waals surface area (Å²) in [5, 5.41) is 15.1. The van der Waals surface area contributed by atoms with E-state index in [4.69, 9.17) is 0 Å². The van der Waals surface area contributed by atoms with Crippen LogP contribution in [0, 0.1) is 33.3 Å². The van der Waals surface area contributed by atoms with Crippen molar-refractivity contribution in [1.29, 1.82) is 0 Å². The Morgan fingerprint density at radius 1 is 1.12 bits per heavy atom. The zero-order valence-electron chi connectivity index (χ0n) is 14.4. The average molecular weight is 341 g/mol. The minimum atomic E-state index is -0.475. The first-order valence-electron chi connectivity index (χ1n) is 9.05. The van der Waals surface area contributed by atoms with Crippen molar-refractivity contribution >= 4 is 17.3 Å². The molecular formula is C19H23N3O3. The van der Waals surface area contributed by atoms with Gasteiger partial charge in [0.05, 0.1) is 4.92 Å². The molecule has 6 heteroatoms. The van der Waals surface area contributed by atoms with Crippen LogP contribution >= 0.6 is 0 Å². The number of carbonyl (C=O) groups is 1. The van der Waals surface area contributed by atoms with E-state index in [1.807, 2.05) is 6.92 Å². The van der Waals surface area contributed by atoms with Crippen LogP contribution in [0.4, 0.5) is 5.69 Å². The summed E-state index contributed by atoms with van der Waals surface area (Å²) in [5.74, 6) is 2.18. The topological polar surface area (TPSA) is 84.6 Å². The van der Waals surface area contributed by atoms with Gasteiger partial charge in [-0.2, -0.15) is 5.10 Å². The quantitative estimate of drug-likeness (QED) is 0.512. The van der Waals surface area contributed by atoms with Gasteiger partial charge in [0.2, 0.25) is 0 Å². The maximum absolute atomic E-state index is 12.3. The number of hydrazone groups is 1. The number of nitrogens with zero attached hydrogens (tertiary/aromatic N) is 2. The lowest BCUT2D eigenvalue weighted by molar-refractivity contribution is -0.384. The molecule has 1 aromatic rings. The average Bonchev–Trinajstić information content (AvgIpc) is 2.58. The number of nitrogens with one attached hydrogen (secondary N) is 1. The lowest BCUT2D eigenvalue weighted by atomic mass is 9.48. The molecule has 0 atom stereocenters. The Kier molecular flexibility index (Phi) is 3.85. The summed E-state index contributed by atoms with van der Waals surface area (Å²) in [7, 11) is 0. The molecule has 0 unspecified atom stereocenters. The van der Waals surface area contributed by atoms with Gasteiger partial charge in [0, 0.05) is 28.8 Å². The van der Waals surface area contributed by atoms with E-state index < -0.39 is 4.92 Å². The van der Waals surface area contributed by atoms with Gasteiger partial charge in [0.1, 0.15) is 0 Å². The second-order valence-corrected chi connectivity index (χ2v) is 8.14. The molecule has 0 spiro atoms. The molecule has 0 saturated heterocycles. The zero-order valence-corrected chi connectivity index (χ0v) is 14.4. The predicted octanol–water partition coefficient (Wildman–Crippen LogP) is 3.92. The zero-order chi connectivity index (χ0) is 17.6. The van der Waals surface area contributed by atoms with Crippen LogP contribution in [0.5, 0.6) is 0 Å². The monoisotopic (exact) mass is 341 g/mol. The Morgan fingerprint density at radius 2 is 1.64 bits per heavy atom. The molecular weight excluding hydrogens is 318 g/mol. The van der Waals surface area contributed by atoms with Crippen molar-refractivity contribution in [2.45, 2.75) is 45.4 Å². The minimum Gasteiger partial charge on any atom is -0.267 e. The maximum Gasteiger partial charge on any atom is 0.271 e. The van der Waals surface area contributed by atoms with Crippen molar-refractivity contribution in [3.8, 4) is 0 Å². The van der Waals surface area contributed by atoms with Crippen LogP contribution < -0.4 is 5.43 Å². The van der Waals surface area contributed by atoms with Crippen LogP contribution in [0.25, 0.3) is 0 Å². The third-order valence-electron chi connectivity index (χ3n) is 6.47. The van der Waals surface area contributed by atoms with Crippen molar-refractivity contribution in [2.75, 3.05) is 0 Å². The van der Waals surface area contributed by atoms with Gasteiger partial charge in [0.15, 0.2) is 0 Å². The fourth-order valence-corrected chi connectivity index (χ4v) is 5.61. The van der Waals surface area contributed by atoms with Crippen molar-refractivity contribution < 1.29 is 9.72 Å². The molecule has 0 aliphatic heterocycles. The number of carbonyl (C=O) groups excluding carboxylic acids is 1. The summed E-state index contributed by atoms with van der Waals surface area (Å²) in [6.07, 6.45) is 7.76. The molecule has 6 nitrogen and oxygen atoms in total. The van der Waals surface area contributed by atoms with E-state index in [2.05, 4.69) is 10.5 Å². The molecule has 1 amide bonds. The Labute approximate surface area is 146 Å². The maximum atomic E-state index is 12.3. The van der Waals surface area contributed by atoms with Gasteiger partial charge in [-0.1, -0.05) is 0 Å². The van der Waals surface area contributed by atoms with Gasteiger partial charge in [0.25, 0.3) is 11.6 Å². The molecule has 4 aliphatic rings. The molecule has 0 aromatic heterocycles. The lowest BCUT2D eigenvalue weighted by Gasteiger charge is -2.56. The van der Waals surface area contributed by atoms with E-state index >= 15 is 0 Å². The standard InChI is InChI=1S/C19H23N3O3/c1-12(19-9-13-6-14(10-19)8-15(7-13)11-19)20-21-18(23)16-2-4-17(5-3-16)22(24)25/h2-5,13-15H,6-11H2,1H3,(H,21,23). The highest BCUT2D eigenvalue weighted by molar-refractivity contribution is 5.96. The van der Waals surface area contributed by atoms with Crippen LogP contribution in [0.3, 0.4) is 0 Å². The van der Waals surface area contributed by atoms with E-state index in [-0.39, 0.29) is 17.0 Å². The van der Waals surface area contributed by atoms with E-state index in [0.717, 1.165) is 23.5 Å². The lowest BCUT2D eigenvalue weighted by Crippen LogP contribution is -2.49. The molecule has 0 radical (unpaired) electrons. The summed E-state index contributed by atoms with van der Waals surface area (Å²) < 4.78 is 0. The van der Waals surface area contributed by atoms with Crippen LogP contribution in [0.15, 0.2) is 29.4 Å². The summed E-state index contributed by atoms with van der Waals surface area (Å²) >= 11 is 0. The van der Waals surface area contributed by atoms with Crippen LogP contribution in [0.1, 0.15) is 55.8 Å². The SMILES string of the molecule is CC(=NNC(=O)c1ccc([N+](=O)[O-])cc1)C12CC3CC(CC(C3)C1)C2. The third-order valence-corrected chi connectivity index (χ3v) is 6.47. The van der Waals surface area contributed by atoms with Gasteiger partial charge >= 0.3 is 0 Å². The molecule has 1 aromatic carbocycles. The molecule has 132 valence electrons. The smallest absolute Gasteiger partial charge is 0.267 e. The second kappa shape index (κ2) is 5.93.